The van der Waals surface area contributed by atoms with E-state index in [2.05, 4.69) is 4.52 Å². The molecule has 0 aliphatic carbocycles. The molecule has 7 nitrogen and oxygen atoms in total. The van der Waals surface area contributed by atoms with E-state index in [0.717, 1.165) is 23.4 Å². The van der Waals surface area contributed by atoms with Gasteiger partial charge in [-0.05, 0) is 62.4 Å². The number of halogens is 3. The number of nitrogens with zero attached hydrogens (tertiary/aromatic N) is 1. The topological polar surface area (TPSA) is 115 Å². The number of aromatic nitrogens is 1. The number of phosphoric acid groups is 1. The third-order valence-corrected chi connectivity index (χ3v) is 5.64. The van der Waals surface area contributed by atoms with Crippen LogP contribution in [0.2, 0.25) is 0 Å². The minimum Gasteiger partial charge on any atom is -0.345 e. The Labute approximate surface area is 184 Å². The van der Waals surface area contributed by atoms with Crippen molar-refractivity contribution >= 4 is 13.6 Å². The Morgan fingerprint density at radius 2 is 1.75 bits per heavy atom. The molecule has 32 heavy (non-hydrogen) atoms. The normalized spacial score (nSPS) is 14.4. The van der Waals surface area contributed by atoms with Crippen molar-refractivity contribution in [2.75, 3.05) is 6.61 Å². The van der Waals surface area contributed by atoms with Crippen molar-refractivity contribution in [2.45, 2.75) is 50.7 Å². The Balaban J connectivity index is 1.87. The maximum absolute atomic E-state index is 12.6. The number of rotatable bonds is 11. The highest BCUT2D eigenvalue weighted by atomic mass is 31.2. The molecule has 0 bridgehead atoms. The molecule has 0 radical (unpaired) electrons. The fraction of sp³-hybridized carbons (Fsp3) is 0.476. The van der Waals surface area contributed by atoms with Crippen LogP contribution in [-0.4, -0.2) is 32.3 Å². The lowest BCUT2D eigenvalue weighted by Gasteiger charge is -2.24. The number of phosphoric ester groups is 1. The second-order valence-electron chi connectivity index (χ2n) is 8.16. The number of aryl methyl sites for hydroxylation is 2. The van der Waals surface area contributed by atoms with Crippen LogP contribution in [0.15, 0.2) is 36.4 Å². The molecule has 0 amide bonds. The third kappa shape index (κ3) is 8.18. The number of alkyl halides is 3. The molecule has 1 atom stereocenters. The summed E-state index contributed by atoms with van der Waals surface area (Å²) in [6, 6.07) is 8.42. The van der Waals surface area contributed by atoms with E-state index in [4.69, 9.17) is 15.5 Å². The van der Waals surface area contributed by atoms with Crippen molar-refractivity contribution in [3.63, 3.8) is 0 Å². The summed E-state index contributed by atoms with van der Waals surface area (Å²) in [7, 11) is -2.85. The Morgan fingerprint density at radius 3 is 2.31 bits per heavy atom. The zero-order valence-corrected chi connectivity index (χ0v) is 18.8. The van der Waals surface area contributed by atoms with Gasteiger partial charge in [-0.3, -0.25) is 9.32 Å². The SMILES string of the molecule is Cn1c(CCC(C)(N)COP(=O)(O)O)ccc1C(=O)CCCc1ccc(C(F)(F)F)cc1. The third-order valence-electron chi connectivity index (χ3n) is 5.18. The lowest BCUT2D eigenvalue weighted by Crippen LogP contribution is -2.41. The molecule has 0 spiro atoms. The van der Waals surface area contributed by atoms with Gasteiger partial charge in [-0.15, -0.1) is 0 Å². The van der Waals surface area contributed by atoms with E-state index in [9.17, 15) is 22.5 Å². The molecule has 11 heteroatoms. The summed E-state index contributed by atoms with van der Waals surface area (Å²) in [6.45, 7) is 1.32. The number of hydrogen-bond donors (Lipinski definition) is 3. The van der Waals surface area contributed by atoms with Crippen LogP contribution in [0.5, 0.6) is 0 Å². The summed E-state index contributed by atoms with van der Waals surface area (Å²) < 4.78 is 54.9. The van der Waals surface area contributed by atoms with Gasteiger partial charge in [-0.2, -0.15) is 13.2 Å². The first kappa shape index (κ1) is 26.3. The van der Waals surface area contributed by atoms with Crippen molar-refractivity contribution in [3.05, 3.63) is 58.9 Å². The van der Waals surface area contributed by atoms with Crippen molar-refractivity contribution in [3.8, 4) is 0 Å². The van der Waals surface area contributed by atoms with Crippen LogP contribution < -0.4 is 5.73 Å². The fourth-order valence-electron chi connectivity index (χ4n) is 3.24. The van der Waals surface area contributed by atoms with Crippen LogP contribution in [0.3, 0.4) is 0 Å². The summed E-state index contributed by atoms with van der Waals surface area (Å²) in [6.07, 6.45) is -2.26. The Hall–Kier alpha value is -1.97. The van der Waals surface area contributed by atoms with Crippen LogP contribution in [-0.2, 0) is 35.2 Å². The number of ketones is 1. The Bertz CT molecular complexity index is 965. The standard InChI is InChI=1S/C21H28F3N2O5P/c1-20(25,14-31-32(28,29)30)13-12-17-10-11-18(26(17)2)19(27)5-3-4-15-6-8-16(9-7-15)21(22,23)24/h6-11H,3-5,12-14,25H2,1-2H3,(H2,28,29,30). The van der Waals surface area contributed by atoms with E-state index >= 15 is 0 Å². The van der Waals surface area contributed by atoms with E-state index in [0.29, 0.717) is 31.4 Å². The number of Topliss-reactive ketones (excluding diaryl/α,β-unsaturated/α-hetero) is 1. The zero-order chi connectivity index (χ0) is 24.2. The second kappa shape index (κ2) is 10.3. The van der Waals surface area contributed by atoms with Crippen LogP contribution >= 0.6 is 7.82 Å². The van der Waals surface area contributed by atoms with Crippen molar-refractivity contribution in [1.29, 1.82) is 0 Å². The highest BCUT2D eigenvalue weighted by Gasteiger charge is 2.30. The molecule has 0 fully saturated rings. The summed E-state index contributed by atoms with van der Waals surface area (Å²) in [5.74, 6) is -0.0778. The minimum absolute atomic E-state index is 0.0778. The van der Waals surface area contributed by atoms with E-state index in [1.165, 1.54) is 12.1 Å². The van der Waals surface area contributed by atoms with Gasteiger partial charge in [0.05, 0.1) is 17.9 Å². The number of carbonyl (C=O) groups is 1. The van der Waals surface area contributed by atoms with E-state index in [1.807, 2.05) is 0 Å². The van der Waals surface area contributed by atoms with Crippen LogP contribution in [0, 0.1) is 0 Å². The van der Waals surface area contributed by atoms with Gasteiger partial charge in [0.1, 0.15) is 0 Å². The summed E-state index contributed by atoms with van der Waals surface area (Å²) >= 11 is 0. The fourth-order valence-corrected chi connectivity index (χ4v) is 3.71. The lowest BCUT2D eigenvalue weighted by atomic mass is 9.97. The molecule has 1 aromatic heterocycles. The van der Waals surface area contributed by atoms with Gasteiger partial charge < -0.3 is 20.1 Å². The predicted molar refractivity (Wildman–Crippen MR) is 113 cm³/mol. The van der Waals surface area contributed by atoms with Gasteiger partial charge in [-0.25, -0.2) is 4.57 Å². The van der Waals surface area contributed by atoms with Gasteiger partial charge >= 0.3 is 14.0 Å². The van der Waals surface area contributed by atoms with Crippen LogP contribution in [0.1, 0.15) is 53.5 Å². The van der Waals surface area contributed by atoms with Gasteiger partial charge in [0.15, 0.2) is 5.78 Å². The lowest BCUT2D eigenvalue weighted by molar-refractivity contribution is -0.137. The van der Waals surface area contributed by atoms with Crippen molar-refractivity contribution in [2.24, 2.45) is 12.8 Å². The number of nitrogens with two attached hydrogens (primary N) is 1. The smallest absolute Gasteiger partial charge is 0.345 e. The summed E-state index contributed by atoms with van der Waals surface area (Å²) in [5, 5.41) is 0. The predicted octanol–water partition coefficient (Wildman–Crippen LogP) is 4.01. The second-order valence-corrected chi connectivity index (χ2v) is 9.40. The van der Waals surface area contributed by atoms with Crippen molar-refractivity contribution in [1.82, 2.24) is 4.57 Å². The molecule has 1 heterocycles. The highest BCUT2D eigenvalue weighted by Crippen LogP contribution is 2.37. The maximum atomic E-state index is 12.6. The maximum Gasteiger partial charge on any atom is 0.469 e. The summed E-state index contributed by atoms with van der Waals surface area (Å²) in [4.78, 5) is 30.2. The highest BCUT2D eigenvalue weighted by molar-refractivity contribution is 7.46. The van der Waals surface area contributed by atoms with Gasteiger partial charge in [0.25, 0.3) is 0 Å². The molecular weight excluding hydrogens is 448 g/mol. The first-order valence-electron chi connectivity index (χ1n) is 10.0. The molecule has 0 aliphatic heterocycles. The largest absolute Gasteiger partial charge is 0.469 e. The van der Waals surface area contributed by atoms with Crippen LogP contribution in [0.25, 0.3) is 0 Å². The zero-order valence-electron chi connectivity index (χ0n) is 17.9. The molecule has 178 valence electrons. The molecule has 0 saturated carbocycles. The van der Waals surface area contributed by atoms with Crippen LogP contribution in [0.4, 0.5) is 13.2 Å². The summed E-state index contributed by atoms with van der Waals surface area (Å²) in [5.41, 5.74) is 6.46. The van der Waals surface area contributed by atoms with Gasteiger partial charge in [0.2, 0.25) is 0 Å². The monoisotopic (exact) mass is 476 g/mol. The number of carbonyl (C=O) groups excluding carboxylic acids is 1. The number of hydrogen-bond acceptors (Lipinski definition) is 4. The molecular formula is C21H28F3N2O5P. The van der Waals surface area contributed by atoms with E-state index in [1.54, 1.807) is 30.7 Å². The van der Waals surface area contributed by atoms with Gasteiger partial charge in [-0.1, -0.05) is 12.1 Å². The quantitative estimate of drug-likeness (QED) is 0.334. The molecule has 2 rings (SSSR count). The molecule has 4 N–H and O–H groups in total. The minimum atomic E-state index is -4.60. The molecule has 0 saturated heterocycles. The van der Waals surface area contributed by atoms with Crippen molar-refractivity contribution < 1.29 is 36.8 Å². The first-order chi connectivity index (χ1) is 14.7. The Kier molecular flexibility index (Phi) is 8.47. The molecule has 2 aromatic rings. The van der Waals surface area contributed by atoms with E-state index in [-0.39, 0.29) is 18.8 Å². The van der Waals surface area contributed by atoms with Gasteiger partial charge in [0, 0.05) is 24.7 Å². The molecule has 1 unspecified atom stereocenters. The molecule has 0 aliphatic rings. The molecule has 1 aromatic carbocycles. The first-order valence-corrected chi connectivity index (χ1v) is 11.5. The van der Waals surface area contributed by atoms with E-state index < -0.39 is 25.1 Å². The average Bonchev–Trinajstić information content (AvgIpc) is 3.05. The number of benzene rings is 1. The average molecular weight is 476 g/mol. The Morgan fingerprint density at radius 1 is 1.12 bits per heavy atom.